The molecule has 1 N–H and O–H groups in total. The number of hydrogen-bond acceptors (Lipinski definition) is 3. The molecule has 0 amide bonds. The van der Waals surface area contributed by atoms with Crippen molar-refractivity contribution < 1.29 is 19.0 Å². The fraction of sp³-hybridized carbons (Fsp3) is 0.133. The van der Waals surface area contributed by atoms with E-state index in [1.165, 1.54) is 6.92 Å². The standard InChI is InChI=1S/C15H13FO3/c1-10(17)12-7-14(18)15(8-13(12)16)19-9-11-5-3-2-4-6-11/h2-8,18H,9H2,1H3. The summed E-state index contributed by atoms with van der Waals surface area (Å²) < 4.78 is 18.9. The highest BCUT2D eigenvalue weighted by molar-refractivity contribution is 5.95. The molecule has 0 saturated carbocycles. The number of phenolic OH excluding ortho intramolecular Hbond substituents is 1. The molecular formula is C15H13FO3. The molecule has 0 aliphatic rings. The zero-order valence-corrected chi connectivity index (χ0v) is 10.4. The van der Waals surface area contributed by atoms with Gasteiger partial charge >= 0.3 is 0 Å². The predicted octanol–water partition coefficient (Wildman–Crippen LogP) is 3.31. The van der Waals surface area contributed by atoms with Crippen LogP contribution in [0, 0.1) is 5.82 Å². The van der Waals surface area contributed by atoms with Gasteiger partial charge < -0.3 is 9.84 Å². The van der Waals surface area contributed by atoms with E-state index in [-0.39, 0.29) is 23.7 Å². The minimum atomic E-state index is -0.701. The number of Topliss-reactive ketones (excluding diaryl/α,β-unsaturated/α-hetero) is 1. The largest absolute Gasteiger partial charge is 0.504 e. The lowest BCUT2D eigenvalue weighted by Gasteiger charge is -2.09. The summed E-state index contributed by atoms with van der Waals surface area (Å²) in [7, 11) is 0. The molecule has 2 aromatic rings. The van der Waals surface area contributed by atoms with Crippen LogP contribution in [0.15, 0.2) is 42.5 Å². The SMILES string of the molecule is CC(=O)c1cc(O)c(OCc2ccccc2)cc1F. The summed E-state index contributed by atoms with van der Waals surface area (Å²) in [5.41, 5.74) is 0.752. The Hall–Kier alpha value is -2.36. The van der Waals surface area contributed by atoms with Crippen LogP contribution >= 0.6 is 0 Å². The number of halogens is 1. The molecule has 0 saturated heterocycles. The lowest BCUT2D eigenvalue weighted by molar-refractivity contribution is 0.101. The molecule has 0 radical (unpaired) electrons. The van der Waals surface area contributed by atoms with Gasteiger partial charge in [-0.15, -0.1) is 0 Å². The number of rotatable bonds is 4. The maximum Gasteiger partial charge on any atom is 0.164 e. The van der Waals surface area contributed by atoms with Crippen molar-refractivity contribution >= 4 is 5.78 Å². The summed E-state index contributed by atoms with van der Waals surface area (Å²) >= 11 is 0. The van der Waals surface area contributed by atoms with Crippen LogP contribution in [0.2, 0.25) is 0 Å². The van der Waals surface area contributed by atoms with Crippen LogP contribution in [0.3, 0.4) is 0 Å². The highest BCUT2D eigenvalue weighted by atomic mass is 19.1. The Morgan fingerprint density at radius 3 is 2.58 bits per heavy atom. The minimum absolute atomic E-state index is 0.0198. The summed E-state index contributed by atoms with van der Waals surface area (Å²) in [6.07, 6.45) is 0. The molecule has 4 heteroatoms. The minimum Gasteiger partial charge on any atom is -0.504 e. The van der Waals surface area contributed by atoms with E-state index in [0.717, 1.165) is 17.7 Å². The third-order valence-electron chi connectivity index (χ3n) is 2.67. The summed E-state index contributed by atoms with van der Waals surface area (Å²) in [5, 5.41) is 9.70. The third kappa shape index (κ3) is 3.10. The number of carbonyl (C=O) groups excluding carboxylic acids is 1. The van der Waals surface area contributed by atoms with Crippen molar-refractivity contribution in [3.8, 4) is 11.5 Å². The van der Waals surface area contributed by atoms with Crippen LogP contribution in [0.25, 0.3) is 0 Å². The van der Waals surface area contributed by atoms with E-state index < -0.39 is 11.6 Å². The van der Waals surface area contributed by atoms with Gasteiger partial charge in [0.2, 0.25) is 0 Å². The van der Waals surface area contributed by atoms with Crippen LogP contribution < -0.4 is 4.74 Å². The van der Waals surface area contributed by atoms with Crippen molar-refractivity contribution in [2.75, 3.05) is 0 Å². The van der Waals surface area contributed by atoms with E-state index in [2.05, 4.69) is 0 Å². The Balaban J connectivity index is 2.17. The fourth-order valence-electron chi connectivity index (χ4n) is 1.66. The Morgan fingerprint density at radius 2 is 1.95 bits per heavy atom. The quantitative estimate of drug-likeness (QED) is 0.858. The van der Waals surface area contributed by atoms with Crippen LogP contribution in [0.5, 0.6) is 11.5 Å². The van der Waals surface area contributed by atoms with Crippen molar-refractivity contribution in [3.63, 3.8) is 0 Å². The van der Waals surface area contributed by atoms with Gasteiger partial charge in [-0.1, -0.05) is 30.3 Å². The van der Waals surface area contributed by atoms with Crippen LogP contribution in [-0.4, -0.2) is 10.9 Å². The molecule has 0 fully saturated rings. The molecule has 0 atom stereocenters. The molecular weight excluding hydrogens is 247 g/mol. The zero-order valence-electron chi connectivity index (χ0n) is 10.4. The molecule has 0 aliphatic carbocycles. The molecule has 98 valence electrons. The summed E-state index contributed by atoms with van der Waals surface area (Å²) in [5.74, 6) is -1.37. The Kier molecular flexibility index (Phi) is 3.80. The summed E-state index contributed by atoms with van der Waals surface area (Å²) in [4.78, 5) is 11.1. The van der Waals surface area contributed by atoms with E-state index in [4.69, 9.17) is 4.74 Å². The third-order valence-corrected chi connectivity index (χ3v) is 2.67. The number of ketones is 1. The predicted molar refractivity (Wildman–Crippen MR) is 68.8 cm³/mol. The number of benzene rings is 2. The smallest absolute Gasteiger partial charge is 0.164 e. The average molecular weight is 260 g/mol. The Morgan fingerprint density at radius 1 is 1.26 bits per heavy atom. The van der Waals surface area contributed by atoms with Crippen LogP contribution in [0.1, 0.15) is 22.8 Å². The molecule has 0 spiro atoms. The first-order valence-electron chi connectivity index (χ1n) is 5.78. The van der Waals surface area contributed by atoms with Crippen LogP contribution in [-0.2, 0) is 6.61 Å². The Bertz CT molecular complexity index is 594. The van der Waals surface area contributed by atoms with E-state index in [0.29, 0.717) is 0 Å². The average Bonchev–Trinajstić information content (AvgIpc) is 2.40. The van der Waals surface area contributed by atoms with Gasteiger partial charge in [0, 0.05) is 6.07 Å². The van der Waals surface area contributed by atoms with Gasteiger partial charge in [-0.05, 0) is 18.6 Å². The second-order valence-corrected chi connectivity index (χ2v) is 4.13. The van der Waals surface area contributed by atoms with Gasteiger partial charge in [0.15, 0.2) is 17.3 Å². The molecule has 19 heavy (non-hydrogen) atoms. The van der Waals surface area contributed by atoms with Crippen molar-refractivity contribution in [1.29, 1.82) is 0 Å². The molecule has 2 aromatic carbocycles. The van der Waals surface area contributed by atoms with E-state index in [1.54, 1.807) is 0 Å². The fourth-order valence-corrected chi connectivity index (χ4v) is 1.66. The number of phenols is 1. The van der Waals surface area contributed by atoms with E-state index in [9.17, 15) is 14.3 Å². The summed E-state index contributed by atoms with van der Waals surface area (Å²) in [6.45, 7) is 1.45. The monoisotopic (exact) mass is 260 g/mol. The van der Waals surface area contributed by atoms with Gasteiger partial charge in [-0.2, -0.15) is 0 Å². The van der Waals surface area contributed by atoms with Gasteiger partial charge in [0.25, 0.3) is 0 Å². The van der Waals surface area contributed by atoms with Gasteiger partial charge in [0.1, 0.15) is 12.4 Å². The molecule has 0 aromatic heterocycles. The molecule has 0 heterocycles. The van der Waals surface area contributed by atoms with Crippen LogP contribution in [0.4, 0.5) is 4.39 Å². The second kappa shape index (κ2) is 5.52. The normalized spacial score (nSPS) is 10.2. The van der Waals surface area contributed by atoms with Crippen molar-refractivity contribution in [3.05, 3.63) is 59.4 Å². The van der Waals surface area contributed by atoms with Gasteiger partial charge in [-0.25, -0.2) is 4.39 Å². The second-order valence-electron chi connectivity index (χ2n) is 4.13. The number of ether oxygens (including phenoxy) is 1. The highest BCUT2D eigenvalue weighted by Crippen LogP contribution is 2.30. The zero-order chi connectivity index (χ0) is 13.8. The maximum atomic E-state index is 13.6. The molecule has 0 bridgehead atoms. The summed E-state index contributed by atoms with van der Waals surface area (Å²) in [6, 6.07) is 11.4. The number of hydrogen-bond donors (Lipinski definition) is 1. The lowest BCUT2D eigenvalue weighted by atomic mass is 10.1. The molecule has 3 nitrogen and oxygen atoms in total. The van der Waals surface area contributed by atoms with Gasteiger partial charge in [0.05, 0.1) is 5.56 Å². The first-order valence-corrected chi connectivity index (χ1v) is 5.78. The van der Waals surface area contributed by atoms with Crippen molar-refractivity contribution in [2.24, 2.45) is 0 Å². The molecule has 0 aliphatic heterocycles. The first kappa shape index (κ1) is 13.1. The van der Waals surface area contributed by atoms with Crippen molar-refractivity contribution in [2.45, 2.75) is 13.5 Å². The number of carbonyl (C=O) groups is 1. The van der Waals surface area contributed by atoms with E-state index in [1.807, 2.05) is 30.3 Å². The van der Waals surface area contributed by atoms with E-state index >= 15 is 0 Å². The topological polar surface area (TPSA) is 46.5 Å². The molecule has 2 rings (SSSR count). The Labute approximate surface area is 110 Å². The van der Waals surface area contributed by atoms with Gasteiger partial charge in [-0.3, -0.25) is 4.79 Å². The van der Waals surface area contributed by atoms with Crippen molar-refractivity contribution in [1.82, 2.24) is 0 Å². The highest BCUT2D eigenvalue weighted by Gasteiger charge is 2.13. The molecule has 0 unspecified atom stereocenters. The first-order chi connectivity index (χ1) is 9.08. The number of aromatic hydroxyl groups is 1. The maximum absolute atomic E-state index is 13.6. The lowest BCUT2D eigenvalue weighted by Crippen LogP contribution is -2.00.